The molecule has 38 valence electrons. The predicted molar refractivity (Wildman–Crippen MR) is 35.9 cm³/mol. The van der Waals surface area contributed by atoms with Gasteiger partial charge in [0.05, 0.1) is 0 Å². The fourth-order valence-corrected chi connectivity index (χ4v) is 0. The van der Waals surface area contributed by atoms with Crippen LogP contribution < -0.4 is 0 Å². The largest absolute Gasteiger partial charge is 0.116 e. The van der Waals surface area contributed by atoms with Crippen LogP contribution in [-0.2, 0) is 0 Å². The van der Waals surface area contributed by atoms with Gasteiger partial charge in [-0.3, -0.25) is 0 Å². The van der Waals surface area contributed by atoms with Crippen LogP contribution in [0.5, 0.6) is 0 Å². The molecule has 0 aromatic rings. The summed E-state index contributed by atoms with van der Waals surface area (Å²) >= 11 is 0. The SMILES string of the molecule is C=C.CP(C)C. The Morgan fingerprint density at radius 1 is 1.00 bits per heavy atom. The lowest BCUT2D eigenvalue weighted by atomic mass is 11.3. The van der Waals surface area contributed by atoms with Gasteiger partial charge in [0.2, 0.25) is 0 Å². The minimum absolute atomic E-state index is 0.380. The summed E-state index contributed by atoms with van der Waals surface area (Å²) in [5.41, 5.74) is 0. The highest BCUT2D eigenvalue weighted by atomic mass is 31.1. The van der Waals surface area contributed by atoms with Gasteiger partial charge < -0.3 is 0 Å². The average Bonchev–Trinajstić information content (AvgIpc) is 1.41. The van der Waals surface area contributed by atoms with Crippen molar-refractivity contribution in [3.63, 3.8) is 0 Å². The Hall–Kier alpha value is 0.170. The summed E-state index contributed by atoms with van der Waals surface area (Å²) in [5.74, 6) is 0. The minimum atomic E-state index is 0.380. The van der Waals surface area contributed by atoms with E-state index >= 15 is 0 Å². The van der Waals surface area contributed by atoms with Gasteiger partial charge in [0.1, 0.15) is 0 Å². The lowest BCUT2D eigenvalue weighted by Crippen LogP contribution is -1.48. The van der Waals surface area contributed by atoms with Crippen molar-refractivity contribution in [3.05, 3.63) is 13.2 Å². The first-order valence-electron chi connectivity index (χ1n) is 1.84. The van der Waals surface area contributed by atoms with Gasteiger partial charge >= 0.3 is 0 Å². The molecule has 0 aliphatic carbocycles. The second kappa shape index (κ2) is 8.95. The molecule has 0 aliphatic rings. The van der Waals surface area contributed by atoms with E-state index in [2.05, 4.69) is 33.2 Å². The first kappa shape index (κ1) is 9.48. The van der Waals surface area contributed by atoms with Gasteiger partial charge in [-0.25, -0.2) is 0 Å². The van der Waals surface area contributed by atoms with E-state index < -0.39 is 0 Å². The van der Waals surface area contributed by atoms with Crippen LogP contribution in [0.25, 0.3) is 0 Å². The molecule has 0 amide bonds. The summed E-state index contributed by atoms with van der Waals surface area (Å²) in [5, 5.41) is 0. The first-order valence-corrected chi connectivity index (χ1v) is 4.52. The van der Waals surface area contributed by atoms with Crippen LogP contribution in [0.4, 0.5) is 0 Å². The Morgan fingerprint density at radius 2 is 1.00 bits per heavy atom. The maximum Gasteiger partial charge on any atom is -0.0449 e. The standard InChI is InChI=1S/C3H9P.C2H4/c1-4(2)3;1-2/h1-3H3;1-2H2. The molecule has 0 saturated heterocycles. The highest BCUT2D eigenvalue weighted by molar-refractivity contribution is 7.55. The molecule has 0 aliphatic heterocycles. The summed E-state index contributed by atoms with van der Waals surface area (Å²) in [7, 11) is 0.380. The van der Waals surface area contributed by atoms with E-state index in [1.54, 1.807) is 0 Å². The molecule has 0 heterocycles. The van der Waals surface area contributed by atoms with E-state index in [1.165, 1.54) is 0 Å². The van der Waals surface area contributed by atoms with Crippen molar-refractivity contribution >= 4 is 7.92 Å². The van der Waals surface area contributed by atoms with Crippen LogP contribution in [0.1, 0.15) is 0 Å². The molecule has 0 fully saturated rings. The van der Waals surface area contributed by atoms with Crippen molar-refractivity contribution in [2.45, 2.75) is 0 Å². The van der Waals surface area contributed by atoms with Crippen molar-refractivity contribution in [2.75, 3.05) is 20.0 Å². The van der Waals surface area contributed by atoms with Crippen molar-refractivity contribution in [1.82, 2.24) is 0 Å². The third kappa shape index (κ3) is 1450. The van der Waals surface area contributed by atoms with Gasteiger partial charge in [0.15, 0.2) is 0 Å². The average molecular weight is 104 g/mol. The Morgan fingerprint density at radius 3 is 1.00 bits per heavy atom. The van der Waals surface area contributed by atoms with E-state index in [0.717, 1.165) is 0 Å². The highest BCUT2D eigenvalue weighted by Crippen LogP contribution is 2.14. The zero-order valence-electron chi connectivity index (χ0n) is 4.86. The lowest BCUT2D eigenvalue weighted by molar-refractivity contribution is 2.13. The van der Waals surface area contributed by atoms with E-state index in [0.29, 0.717) is 7.92 Å². The summed E-state index contributed by atoms with van der Waals surface area (Å²) in [6.45, 7) is 12.7. The molecule has 0 aromatic carbocycles. The molecule has 0 nitrogen and oxygen atoms in total. The zero-order valence-corrected chi connectivity index (χ0v) is 5.76. The van der Waals surface area contributed by atoms with Gasteiger partial charge in [-0.05, 0) is 20.0 Å². The van der Waals surface area contributed by atoms with E-state index in [-0.39, 0.29) is 0 Å². The summed E-state index contributed by atoms with van der Waals surface area (Å²) in [6, 6.07) is 0. The molecule has 0 radical (unpaired) electrons. The van der Waals surface area contributed by atoms with E-state index in [4.69, 9.17) is 0 Å². The third-order valence-electron chi connectivity index (χ3n) is 0. The van der Waals surface area contributed by atoms with Crippen molar-refractivity contribution < 1.29 is 0 Å². The number of rotatable bonds is 0. The second-order valence-electron chi connectivity index (χ2n) is 1.34. The zero-order chi connectivity index (χ0) is 5.58. The molecule has 0 N–H and O–H groups in total. The highest BCUT2D eigenvalue weighted by Gasteiger charge is 1.65. The summed E-state index contributed by atoms with van der Waals surface area (Å²) in [6.07, 6.45) is 0. The van der Waals surface area contributed by atoms with Crippen LogP contribution in [0.15, 0.2) is 13.2 Å². The third-order valence-corrected chi connectivity index (χ3v) is 0. The van der Waals surface area contributed by atoms with Crippen LogP contribution in [-0.4, -0.2) is 20.0 Å². The molecule has 0 unspecified atom stereocenters. The molecular formula is C5H13P. The predicted octanol–water partition coefficient (Wildman–Crippen LogP) is 2.16. The fraction of sp³-hybridized carbons (Fsp3) is 0.600. The molecule has 0 bridgehead atoms. The van der Waals surface area contributed by atoms with Gasteiger partial charge in [-0.2, -0.15) is 0 Å². The molecule has 1 heteroatoms. The molecule has 0 saturated carbocycles. The molecule has 0 rings (SSSR count). The topological polar surface area (TPSA) is 0 Å². The smallest absolute Gasteiger partial charge is 0.0449 e. The van der Waals surface area contributed by atoms with Gasteiger partial charge in [-0.1, -0.05) is 0 Å². The van der Waals surface area contributed by atoms with Gasteiger partial charge in [-0.15, -0.1) is 21.1 Å². The Kier molecular flexibility index (Phi) is 14.1. The lowest BCUT2D eigenvalue weighted by Gasteiger charge is -1.81. The Labute approximate surface area is 42.0 Å². The fourth-order valence-electron chi connectivity index (χ4n) is 0. The van der Waals surface area contributed by atoms with Gasteiger partial charge in [0, 0.05) is 0 Å². The molecule has 0 aromatic heterocycles. The second-order valence-corrected chi connectivity index (χ2v) is 4.02. The quantitative estimate of drug-likeness (QED) is 0.326. The maximum atomic E-state index is 3.00. The number of hydrogen-bond acceptors (Lipinski definition) is 0. The van der Waals surface area contributed by atoms with Crippen molar-refractivity contribution in [1.29, 1.82) is 0 Å². The van der Waals surface area contributed by atoms with Crippen LogP contribution >= 0.6 is 7.92 Å². The normalized spacial score (nSPS) is 6.67. The van der Waals surface area contributed by atoms with E-state index in [9.17, 15) is 0 Å². The molecule has 0 atom stereocenters. The van der Waals surface area contributed by atoms with Crippen molar-refractivity contribution in [2.24, 2.45) is 0 Å². The Balaban J connectivity index is 0. The minimum Gasteiger partial charge on any atom is -0.116 e. The first-order chi connectivity index (χ1) is 2.73. The summed E-state index contributed by atoms with van der Waals surface area (Å²) < 4.78 is 0. The maximum absolute atomic E-state index is 3.00. The summed E-state index contributed by atoms with van der Waals surface area (Å²) in [4.78, 5) is 0. The van der Waals surface area contributed by atoms with Crippen molar-refractivity contribution in [3.8, 4) is 0 Å². The number of hydrogen-bond donors (Lipinski definition) is 0. The molecule has 6 heavy (non-hydrogen) atoms. The van der Waals surface area contributed by atoms with Crippen LogP contribution in [0.3, 0.4) is 0 Å². The monoisotopic (exact) mass is 104 g/mol. The molecular weight excluding hydrogens is 91.0 g/mol. The molecule has 0 spiro atoms. The van der Waals surface area contributed by atoms with Gasteiger partial charge in [0.25, 0.3) is 0 Å². The van der Waals surface area contributed by atoms with E-state index in [1.807, 2.05) is 0 Å². The Bertz CT molecular complexity index is 15.1. The van der Waals surface area contributed by atoms with Crippen LogP contribution in [0.2, 0.25) is 0 Å². The van der Waals surface area contributed by atoms with Crippen LogP contribution in [0, 0.1) is 0 Å².